The van der Waals surface area contributed by atoms with E-state index in [9.17, 15) is 14.0 Å². The molecule has 0 saturated carbocycles. The number of hydrogen-bond donors (Lipinski definition) is 1. The van der Waals surface area contributed by atoms with Crippen LogP contribution in [0.15, 0.2) is 53.5 Å². The van der Waals surface area contributed by atoms with Crippen molar-refractivity contribution in [3.63, 3.8) is 0 Å². The number of benzene rings is 1. The van der Waals surface area contributed by atoms with Crippen LogP contribution in [0.2, 0.25) is 0 Å². The summed E-state index contributed by atoms with van der Waals surface area (Å²) in [6.07, 6.45) is 2.76. The van der Waals surface area contributed by atoms with Gasteiger partial charge in [0.25, 0.3) is 11.4 Å². The summed E-state index contributed by atoms with van der Waals surface area (Å²) >= 11 is 0. The molecule has 0 radical (unpaired) electrons. The molecule has 1 N–H and O–H groups in total. The van der Waals surface area contributed by atoms with Gasteiger partial charge in [0, 0.05) is 23.8 Å². The average molecular weight is 381 g/mol. The number of aromatic nitrogens is 2. The maximum atomic E-state index is 13.8. The number of halogens is 1. The minimum atomic E-state index is -0.514. The van der Waals surface area contributed by atoms with E-state index in [0.29, 0.717) is 24.2 Å². The first-order valence-corrected chi connectivity index (χ1v) is 9.26. The highest BCUT2D eigenvalue weighted by atomic mass is 19.1. The molecule has 1 amide bonds. The molecule has 1 saturated heterocycles. The van der Waals surface area contributed by atoms with Gasteiger partial charge in [-0.2, -0.15) is 0 Å². The maximum Gasteiger partial charge on any atom is 0.256 e. The Balaban J connectivity index is 1.45. The number of carbonyl (C=O) groups excluding carboxylic acids is 1. The van der Waals surface area contributed by atoms with Crippen LogP contribution in [0.1, 0.15) is 18.5 Å². The van der Waals surface area contributed by atoms with Crippen molar-refractivity contribution in [2.24, 2.45) is 0 Å². The van der Waals surface area contributed by atoms with Crippen LogP contribution < -0.4 is 10.3 Å². The molecule has 0 bridgehead atoms. The Labute approximate surface area is 161 Å². The van der Waals surface area contributed by atoms with Crippen LogP contribution in [0.5, 0.6) is 5.88 Å². The van der Waals surface area contributed by atoms with Gasteiger partial charge >= 0.3 is 0 Å². The number of hydrogen-bond acceptors (Lipinski definition) is 4. The van der Waals surface area contributed by atoms with E-state index < -0.39 is 5.82 Å². The number of ether oxygens (including phenoxy) is 1. The number of H-pyrrole nitrogens is 1. The van der Waals surface area contributed by atoms with E-state index in [1.165, 1.54) is 18.3 Å². The molecule has 7 heteroatoms. The van der Waals surface area contributed by atoms with E-state index in [1.807, 2.05) is 18.2 Å². The van der Waals surface area contributed by atoms with Gasteiger partial charge in [0.1, 0.15) is 6.10 Å². The van der Waals surface area contributed by atoms with Gasteiger partial charge in [-0.3, -0.25) is 9.59 Å². The largest absolute Gasteiger partial charge is 0.470 e. The number of pyridine rings is 2. The molecule has 1 atom stereocenters. The van der Waals surface area contributed by atoms with Crippen molar-refractivity contribution >= 4 is 16.7 Å². The smallest absolute Gasteiger partial charge is 0.256 e. The van der Waals surface area contributed by atoms with Crippen LogP contribution in [0.3, 0.4) is 0 Å². The summed E-state index contributed by atoms with van der Waals surface area (Å²) in [6.45, 7) is 0.980. The number of fused-ring (bicyclic) bond motifs is 1. The Hall–Kier alpha value is -3.22. The molecule has 3 heterocycles. The third kappa shape index (κ3) is 3.88. The molecule has 1 unspecified atom stereocenters. The van der Waals surface area contributed by atoms with Crippen molar-refractivity contribution in [2.75, 3.05) is 13.1 Å². The fraction of sp³-hybridized carbons (Fsp3) is 0.286. The van der Waals surface area contributed by atoms with Crippen molar-refractivity contribution in [3.05, 3.63) is 70.5 Å². The summed E-state index contributed by atoms with van der Waals surface area (Å²) in [7, 11) is 0. The molecule has 1 fully saturated rings. The van der Waals surface area contributed by atoms with Gasteiger partial charge in [-0.1, -0.05) is 18.2 Å². The second-order valence-corrected chi connectivity index (χ2v) is 6.90. The lowest BCUT2D eigenvalue weighted by Gasteiger charge is -2.32. The molecule has 2 aromatic heterocycles. The van der Waals surface area contributed by atoms with E-state index in [-0.39, 0.29) is 29.9 Å². The van der Waals surface area contributed by atoms with E-state index in [4.69, 9.17) is 4.74 Å². The van der Waals surface area contributed by atoms with Gasteiger partial charge in [0.15, 0.2) is 5.82 Å². The van der Waals surface area contributed by atoms with Crippen molar-refractivity contribution in [1.82, 2.24) is 14.9 Å². The van der Waals surface area contributed by atoms with Gasteiger partial charge in [-0.05, 0) is 42.5 Å². The Kier molecular flexibility index (Phi) is 5.06. The van der Waals surface area contributed by atoms with E-state index in [2.05, 4.69) is 9.97 Å². The Morgan fingerprint density at radius 2 is 2.14 bits per heavy atom. The average Bonchev–Trinajstić information content (AvgIpc) is 2.70. The Morgan fingerprint density at radius 1 is 1.29 bits per heavy atom. The van der Waals surface area contributed by atoms with Crippen molar-refractivity contribution in [1.29, 1.82) is 0 Å². The maximum absolute atomic E-state index is 13.8. The van der Waals surface area contributed by atoms with E-state index in [0.717, 1.165) is 18.2 Å². The lowest BCUT2D eigenvalue weighted by molar-refractivity contribution is -0.133. The van der Waals surface area contributed by atoms with E-state index in [1.54, 1.807) is 17.0 Å². The lowest BCUT2D eigenvalue weighted by atomic mass is 10.1. The summed E-state index contributed by atoms with van der Waals surface area (Å²) in [5, 5.41) is 1.40. The van der Waals surface area contributed by atoms with Crippen molar-refractivity contribution < 1.29 is 13.9 Å². The van der Waals surface area contributed by atoms with Gasteiger partial charge in [-0.25, -0.2) is 9.37 Å². The van der Waals surface area contributed by atoms with Crippen molar-refractivity contribution in [2.45, 2.75) is 25.4 Å². The van der Waals surface area contributed by atoms with Gasteiger partial charge in [0.05, 0.1) is 13.0 Å². The molecule has 6 nitrogen and oxygen atoms in total. The molecular formula is C21H20FN3O3. The zero-order valence-electron chi connectivity index (χ0n) is 15.2. The third-order valence-electron chi connectivity index (χ3n) is 4.88. The highest BCUT2D eigenvalue weighted by molar-refractivity contribution is 5.84. The highest BCUT2D eigenvalue weighted by Crippen LogP contribution is 2.20. The summed E-state index contributed by atoms with van der Waals surface area (Å²) in [6, 6.07) is 11.9. The predicted octanol–water partition coefficient (Wildman–Crippen LogP) is 2.67. The van der Waals surface area contributed by atoms with Crippen molar-refractivity contribution in [3.8, 4) is 5.88 Å². The molecule has 1 aliphatic heterocycles. The quantitative estimate of drug-likeness (QED) is 0.754. The number of amides is 1. The number of carbonyl (C=O) groups is 1. The topological polar surface area (TPSA) is 75.3 Å². The van der Waals surface area contributed by atoms with Gasteiger partial charge in [-0.15, -0.1) is 0 Å². The molecule has 28 heavy (non-hydrogen) atoms. The second kappa shape index (κ2) is 7.80. The Morgan fingerprint density at radius 3 is 3.00 bits per heavy atom. The molecule has 3 aromatic rings. The molecule has 1 aromatic carbocycles. The first-order valence-electron chi connectivity index (χ1n) is 9.26. The molecule has 1 aliphatic rings. The molecule has 144 valence electrons. The summed E-state index contributed by atoms with van der Waals surface area (Å²) in [5.74, 6) is -0.652. The molecule has 4 rings (SSSR count). The number of nitrogens with zero attached hydrogens (tertiary/aromatic N) is 2. The zero-order valence-corrected chi connectivity index (χ0v) is 15.2. The van der Waals surface area contributed by atoms with Crippen LogP contribution in [-0.2, 0) is 11.2 Å². The third-order valence-corrected chi connectivity index (χ3v) is 4.88. The summed E-state index contributed by atoms with van der Waals surface area (Å²) < 4.78 is 19.4. The fourth-order valence-electron chi connectivity index (χ4n) is 3.51. The molecule has 0 aliphatic carbocycles. The van der Waals surface area contributed by atoms with Crippen LogP contribution in [0.25, 0.3) is 10.8 Å². The first-order chi connectivity index (χ1) is 13.6. The number of likely N-dealkylation sites (tertiary alicyclic amines) is 1. The number of aromatic amines is 1. The second-order valence-electron chi connectivity index (χ2n) is 6.90. The van der Waals surface area contributed by atoms with E-state index >= 15 is 0 Å². The number of nitrogens with one attached hydrogen (secondary N) is 1. The van der Waals surface area contributed by atoms with Crippen LogP contribution in [-0.4, -0.2) is 40.0 Å². The molecular weight excluding hydrogens is 361 g/mol. The standard InChI is InChI=1S/C21H20FN3O3/c22-18-8-3-9-23-21(18)28-16-6-4-10-25(13-16)19(26)12-15-11-14-5-1-2-7-17(14)20(27)24-15/h1-3,5,7-9,11,16H,4,6,10,12-13H2,(H,24,27). The van der Waals surface area contributed by atoms with Crippen LogP contribution in [0.4, 0.5) is 4.39 Å². The normalized spacial score (nSPS) is 16.9. The minimum absolute atomic E-state index is 0.0411. The zero-order chi connectivity index (χ0) is 19.5. The SMILES string of the molecule is O=C(Cc1cc2ccccc2c(=O)[nH]1)N1CCCC(Oc2ncccc2F)C1. The lowest BCUT2D eigenvalue weighted by Crippen LogP contribution is -2.45. The van der Waals surface area contributed by atoms with Crippen LogP contribution in [0, 0.1) is 5.82 Å². The number of piperidine rings is 1. The Bertz CT molecular complexity index is 1070. The number of rotatable bonds is 4. The highest BCUT2D eigenvalue weighted by Gasteiger charge is 2.26. The van der Waals surface area contributed by atoms with Gasteiger partial charge in [0.2, 0.25) is 5.91 Å². The molecule has 0 spiro atoms. The predicted molar refractivity (Wildman–Crippen MR) is 103 cm³/mol. The summed E-state index contributed by atoms with van der Waals surface area (Å²) in [4.78, 5) is 33.3. The minimum Gasteiger partial charge on any atom is -0.470 e. The monoisotopic (exact) mass is 381 g/mol. The van der Waals surface area contributed by atoms with Gasteiger partial charge < -0.3 is 14.6 Å². The fourth-order valence-corrected chi connectivity index (χ4v) is 3.51. The first kappa shape index (κ1) is 18.2. The van der Waals surface area contributed by atoms with Crippen LogP contribution >= 0.6 is 0 Å². The summed E-state index contributed by atoms with van der Waals surface area (Å²) in [5.41, 5.74) is 0.374.